The van der Waals surface area contributed by atoms with Gasteiger partial charge < -0.3 is 9.94 Å². The minimum atomic E-state index is -0.685. The number of cyclic esters (lactones) is 2. The Morgan fingerprint density at radius 3 is 1.32 bits per heavy atom. The number of ether oxygens (including phenoxy) is 1. The third-order valence-corrected chi connectivity index (χ3v) is 11.5. The summed E-state index contributed by atoms with van der Waals surface area (Å²) in [7, 11) is 0. The lowest BCUT2D eigenvalue weighted by atomic mass is 9.87. The van der Waals surface area contributed by atoms with E-state index in [1.807, 2.05) is 30.3 Å². The van der Waals surface area contributed by atoms with Crippen molar-refractivity contribution in [2.24, 2.45) is 5.90 Å². The number of nitrogens with two attached hydrogens (primary N) is 1. The molecule has 0 fully saturated rings. The predicted molar refractivity (Wildman–Crippen MR) is 235 cm³/mol. The van der Waals surface area contributed by atoms with E-state index in [1.165, 1.54) is 11.1 Å². The number of nitrogens with zero attached hydrogens (tertiary/aromatic N) is 1. The number of amides is 2. The number of carbonyl (C=O) groups excluding carboxylic acids is 4. The van der Waals surface area contributed by atoms with Crippen molar-refractivity contribution < 1.29 is 38.6 Å². The SMILES string of the molecule is C.CC(C)(C)c1ccc(Sc2ccc3c4c(cccc24)C(=O)N(O)C3=O)cc1.CC(C)(C)c1ccc(Sc2ccc3c4c(cccc24)C(=O)OC3=O)cc1.Cl.NO.[HH].[HH].[HH]. The molecular weight excluding hydrogens is 780 g/mol. The minimum absolute atomic E-state index is 0. The number of imide groups is 1. The Morgan fingerprint density at radius 2 is 0.895 bits per heavy atom. The first kappa shape index (κ1) is 44.7. The van der Waals surface area contributed by atoms with Crippen LogP contribution < -0.4 is 5.90 Å². The van der Waals surface area contributed by atoms with Crippen molar-refractivity contribution in [3.63, 3.8) is 0 Å². The van der Waals surface area contributed by atoms with Gasteiger partial charge in [-0.25, -0.2) is 15.5 Å². The second-order valence-electron chi connectivity index (χ2n) is 15.0. The van der Waals surface area contributed by atoms with E-state index in [-0.39, 0.29) is 40.0 Å². The van der Waals surface area contributed by atoms with Gasteiger partial charge in [-0.1, -0.05) is 121 Å². The number of carbonyl (C=O) groups is 4. The zero-order chi connectivity index (χ0) is 39.8. The van der Waals surface area contributed by atoms with Crippen molar-refractivity contribution in [3.05, 3.63) is 143 Å². The molecule has 57 heavy (non-hydrogen) atoms. The van der Waals surface area contributed by atoms with Crippen LogP contribution in [-0.2, 0) is 15.6 Å². The van der Waals surface area contributed by atoms with Crippen LogP contribution in [0.5, 0.6) is 0 Å². The highest BCUT2D eigenvalue weighted by molar-refractivity contribution is 7.99. The lowest BCUT2D eigenvalue weighted by Crippen LogP contribution is -2.37. The molecule has 0 saturated carbocycles. The van der Waals surface area contributed by atoms with Gasteiger partial charge in [-0.3, -0.25) is 14.8 Å². The third-order valence-electron chi connectivity index (χ3n) is 9.37. The molecule has 0 aromatic heterocycles. The number of halogens is 1. The molecule has 4 N–H and O–H groups in total. The van der Waals surface area contributed by atoms with Gasteiger partial charge in [0.25, 0.3) is 11.8 Å². The molecule has 8 rings (SSSR count). The number of hydrogen-bond donors (Lipinski definition) is 3. The molecule has 6 aromatic carbocycles. The zero-order valence-electron chi connectivity index (χ0n) is 31.6. The zero-order valence-corrected chi connectivity index (χ0v) is 34.0. The molecule has 6 aromatic rings. The highest BCUT2D eigenvalue weighted by Crippen LogP contribution is 2.40. The summed E-state index contributed by atoms with van der Waals surface area (Å²) in [6.45, 7) is 13.1. The van der Waals surface area contributed by atoms with Crippen LogP contribution in [0.2, 0.25) is 0 Å². The Morgan fingerprint density at radius 1 is 0.544 bits per heavy atom. The maximum atomic E-state index is 12.3. The molecule has 9 nitrogen and oxygen atoms in total. The van der Waals surface area contributed by atoms with Crippen LogP contribution in [-0.4, -0.2) is 39.2 Å². The minimum Gasteiger partial charge on any atom is -0.386 e. The average Bonchev–Trinajstić information content (AvgIpc) is 3.16. The van der Waals surface area contributed by atoms with Gasteiger partial charge in [0.2, 0.25) is 0 Å². The molecule has 2 heterocycles. The fourth-order valence-corrected chi connectivity index (χ4v) is 8.33. The highest BCUT2D eigenvalue weighted by atomic mass is 35.5. The van der Waals surface area contributed by atoms with E-state index in [0.717, 1.165) is 30.4 Å². The van der Waals surface area contributed by atoms with Gasteiger partial charge in [0.05, 0.1) is 22.3 Å². The highest BCUT2D eigenvalue weighted by Gasteiger charge is 2.33. The molecule has 0 unspecified atom stereocenters. The quantitative estimate of drug-likeness (QED) is 0.0515. The van der Waals surface area contributed by atoms with Gasteiger partial charge in [-0.05, 0) is 93.4 Å². The van der Waals surface area contributed by atoms with Gasteiger partial charge in [0.15, 0.2) is 0 Å². The van der Waals surface area contributed by atoms with E-state index in [2.05, 4.69) is 96.0 Å². The monoisotopic (exact) mass is 830 g/mol. The largest absolute Gasteiger partial charge is 0.386 e. The van der Waals surface area contributed by atoms with Gasteiger partial charge in [-0.15, -0.1) is 17.5 Å². The summed E-state index contributed by atoms with van der Waals surface area (Å²) in [5, 5.41) is 19.5. The van der Waals surface area contributed by atoms with Crippen LogP contribution in [0.1, 0.15) is 106 Å². The fraction of sp³-hybridized carbons (Fsp3) is 0.200. The van der Waals surface area contributed by atoms with Crippen molar-refractivity contribution in [2.75, 3.05) is 0 Å². The number of rotatable bonds is 4. The van der Waals surface area contributed by atoms with Gasteiger partial charge in [-0.2, -0.15) is 0 Å². The van der Waals surface area contributed by atoms with Crippen LogP contribution in [0.4, 0.5) is 0 Å². The van der Waals surface area contributed by atoms with Crippen LogP contribution >= 0.6 is 35.9 Å². The molecule has 302 valence electrons. The molecule has 2 aliphatic heterocycles. The first-order valence-corrected chi connectivity index (χ1v) is 19.0. The molecule has 0 spiro atoms. The Bertz CT molecular complexity index is 2470. The van der Waals surface area contributed by atoms with Gasteiger partial charge >= 0.3 is 11.9 Å². The van der Waals surface area contributed by atoms with Gasteiger partial charge in [0, 0.05) is 34.6 Å². The summed E-state index contributed by atoms with van der Waals surface area (Å²) in [4.78, 5) is 52.8. The first-order chi connectivity index (χ1) is 26.1. The number of hydrogen-bond acceptors (Lipinski definition) is 10. The van der Waals surface area contributed by atoms with E-state index in [4.69, 9.17) is 9.94 Å². The van der Waals surface area contributed by atoms with Crippen molar-refractivity contribution in [2.45, 2.75) is 79.4 Å². The average molecular weight is 831 g/mol. The third kappa shape index (κ3) is 8.94. The molecular formula is C45H51ClN2O7S2. The summed E-state index contributed by atoms with van der Waals surface area (Å²) in [5.41, 5.74) is 4.34. The van der Waals surface area contributed by atoms with Gasteiger partial charge in [0.1, 0.15) is 0 Å². The molecule has 2 aliphatic rings. The van der Waals surface area contributed by atoms with E-state index in [0.29, 0.717) is 33.0 Å². The topological polar surface area (TPSA) is 147 Å². The van der Waals surface area contributed by atoms with Crippen molar-refractivity contribution in [1.29, 1.82) is 0 Å². The standard InChI is InChI=1S/C22H19NO3S.C22H18O3S.CH4.ClH.H3NO.3H2/c1-22(2,3)13-7-9-14(10-8-13)27-18-12-11-17-19-15(18)5-4-6-16(19)20(24)23(26)21(17)25;1-22(2,3)13-7-9-14(10-8-13)26-18-12-11-17-19-15(18)5-4-6-16(19)20(23)25-21(17)24;;;1-2;;;/h4-12,26H,1-3H3;4-12H,1-3H3;1H4;1H;2H,1H2;3*1H. The molecule has 0 saturated heterocycles. The molecule has 0 radical (unpaired) electrons. The van der Waals surface area contributed by atoms with E-state index >= 15 is 0 Å². The van der Waals surface area contributed by atoms with E-state index in [1.54, 1.807) is 53.9 Å². The fourth-order valence-electron chi connectivity index (χ4n) is 6.45. The summed E-state index contributed by atoms with van der Waals surface area (Å²) in [5.74, 6) is 0.971. The van der Waals surface area contributed by atoms with Crippen molar-refractivity contribution >= 4 is 81.2 Å². The summed E-state index contributed by atoms with van der Waals surface area (Å²) in [6, 6.07) is 34.9. The smallest absolute Gasteiger partial charge is 0.346 e. The summed E-state index contributed by atoms with van der Waals surface area (Å²) in [6.07, 6.45) is 0. The normalized spacial score (nSPS) is 13.1. The van der Waals surface area contributed by atoms with Crippen molar-refractivity contribution in [1.82, 2.24) is 5.06 Å². The second kappa shape index (κ2) is 17.6. The van der Waals surface area contributed by atoms with Crippen LogP contribution in [0.3, 0.4) is 0 Å². The number of benzene rings is 6. The lowest BCUT2D eigenvalue weighted by Gasteiger charge is -2.22. The molecule has 0 atom stereocenters. The van der Waals surface area contributed by atoms with Crippen LogP contribution in [0.15, 0.2) is 129 Å². The van der Waals surface area contributed by atoms with E-state index < -0.39 is 23.8 Å². The van der Waals surface area contributed by atoms with E-state index in [9.17, 15) is 24.4 Å². The number of esters is 2. The Balaban J connectivity index is 0.000000534. The second-order valence-corrected chi connectivity index (χ2v) is 17.3. The summed E-state index contributed by atoms with van der Waals surface area (Å²) < 4.78 is 4.82. The molecule has 2 amide bonds. The van der Waals surface area contributed by atoms with Crippen LogP contribution in [0.25, 0.3) is 21.5 Å². The molecule has 0 aliphatic carbocycles. The maximum Gasteiger partial charge on any atom is 0.346 e. The number of hydroxylamine groups is 2. The summed E-state index contributed by atoms with van der Waals surface area (Å²) >= 11 is 3.22. The maximum absolute atomic E-state index is 12.3. The Kier molecular flexibility index (Phi) is 13.8. The lowest BCUT2D eigenvalue weighted by molar-refractivity contribution is -0.0377. The predicted octanol–water partition coefficient (Wildman–Crippen LogP) is 12.0. The van der Waals surface area contributed by atoms with Crippen molar-refractivity contribution in [3.8, 4) is 0 Å². The van der Waals surface area contributed by atoms with Crippen LogP contribution in [0, 0.1) is 0 Å². The molecule has 0 bridgehead atoms. The Hall–Kier alpha value is -5.01. The molecule has 12 heteroatoms. The first-order valence-electron chi connectivity index (χ1n) is 17.4. The Labute approximate surface area is 351 Å².